The Hall–Kier alpha value is -3.73. The Kier molecular flexibility index (Phi) is 4.43. The van der Waals surface area contributed by atoms with Crippen LogP contribution in [0.25, 0.3) is 5.57 Å². The van der Waals surface area contributed by atoms with Crippen LogP contribution in [0.15, 0.2) is 78.6 Å². The van der Waals surface area contributed by atoms with Gasteiger partial charge in [-0.15, -0.1) is 0 Å². The summed E-state index contributed by atoms with van der Waals surface area (Å²) in [5, 5.41) is 0. The molecule has 0 fully saturated rings. The minimum atomic E-state index is -0.270. The maximum Gasteiger partial charge on any atom is 0.278 e. The zero-order valence-electron chi connectivity index (χ0n) is 16.7. The Morgan fingerprint density at radius 1 is 0.900 bits per heavy atom. The fourth-order valence-corrected chi connectivity index (χ4v) is 4.16. The number of rotatable bonds is 4. The third-order valence-corrected chi connectivity index (χ3v) is 5.69. The van der Waals surface area contributed by atoms with Crippen LogP contribution in [0.4, 0.5) is 5.69 Å². The van der Waals surface area contributed by atoms with Gasteiger partial charge in [-0.1, -0.05) is 54.1 Å². The maximum atomic E-state index is 13.5. The van der Waals surface area contributed by atoms with Crippen LogP contribution in [0, 0.1) is 6.92 Å². The molecule has 0 atom stereocenters. The largest absolute Gasteiger partial charge is 0.336 e. The number of amides is 2. The highest BCUT2D eigenvalue weighted by atomic mass is 16.2. The number of aromatic nitrogens is 1. The molecule has 0 bridgehead atoms. The van der Waals surface area contributed by atoms with Crippen molar-refractivity contribution >= 4 is 23.1 Å². The van der Waals surface area contributed by atoms with Gasteiger partial charge in [0.1, 0.15) is 5.70 Å². The zero-order valence-corrected chi connectivity index (χ0v) is 16.7. The molecule has 2 amide bonds. The summed E-state index contributed by atoms with van der Waals surface area (Å²) in [6, 6.07) is 21.4. The van der Waals surface area contributed by atoms with Crippen molar-refractivity contribution < 1.29 is 9.59 Å². The summed E-state index contributed by atoms with van der Waals surface area (Å²) in [4.78, 5) is 34.6. The van der Waals surface area contributed by atoms with Crippen LogP contribution in [0.1, 0.15) is 22.4 Å². The van der Waals surface area contributed by atoms with Crippen molar-refractivity contribution in [2.24, 2.45) is 0 Å². The van der Waals surface area contributed by atoms with Gasteiger partial charge < -0.3 is 4.90 Å². The van der Waals surface area contributed by atoms with E-state index < -0.39 is 0 Å². The molecule has 0 spiro atoms. The molecule has 2 aliphatic rings. The molecule has 5 rings (SSSR count). The number of aryl methyl sites for hydroxylation is 1. The summed E-state index contributed by atoms with van der Waals surface area (Å²) in [5.41, 5.74) is 5.67. The van der Waals surface area contributed by atoms with Gasteiger partial charge in [-0.05, 0) is 42.7 Å². The van der Waals surface area contributed by atoms with E-state index in [-0.39, 0.29) is 18.4 Å². The molecule has 0 aliphatic carbocycles. The van der Waals surface area contributed by atoms with Crippen molar-refractivity contribution in [1.29, 1.82) is 0 Å². The van der Waals surface area contributed by atoms with E-state index in [1.807, 2.05) is 72.5 Å². The molecule has 2 aliphatic heterocycles. The second kappa shape index (κ2) is 7.26. The summed E-state index contributed by atoms with van der Waals surface area (Å²) >= 11 is 0. The van der Waals surface area contributed by atoms with Gasteiger partial charge in [0, 0.05) is 18.4 Å². The van der Waals surface area contributed by atoms with Crippen molar-refractivity contribution in [3.8, 4) is 0 Å². The number of hydrogen-bond donors (Lipinski definition) is 0. The molecule has 2 aromatic carbocycles. The second-order valence-corrected chi connectivity index (χ2v) is 7.64. The first-order valence-electron chi connectivity index (χ1n) is 10.1. The molecule has 0 unspecified atom stereocenters. The maximum absolute atomic E-state index is 13.5. The average Bonchev–Trinajstić information content (AvgIpc) is 3.29. The molecule has 3 aromatic rings. The molecular formula is C25H21N3O2. The molecule has 0 saturated heterocycles. The third kappa shape index (κ3) is 2.99. The van der Waals surface area contributed by atoms with Crippen molar-refractivity contribution in [2.45, 2.75) is 19.9 Å². The first kappa shape index (κ1) is 18.3. The molecule has 5 heteroatoms. The van der Waals surface area contributed by atoms with E-state index in [4.69, 9.17) is 0 Å². The van der Waals surface area contributed by atoms with Gasteiger partial charge in [0.05, 0.1) is 17.8 Å². The van der Waals surface area contributed by atoms with E-state index in [9.17, 15) is 9.59 Å². The Labute approximate surface area is 175 Å². The number of nitrogens with zero attached hydrogens (tertiary/aromatic N) is 3. The summed E-state index contributed by atoms with van der Waals surface area (Å²) < 4.78 is 0. The number of anilines is 1. The van der Waals surface area contributed by atoms with Crippen LogP contribution < -0.4 is 4.90 Å². The van der Waals surface area contributed by atoms with Gasteiger partial charge >= 0.3 is 0 Å². The van der Waals surface area contributed by atoms with Crippen LogP contribution >= 0.6 is 0 Å². The number of carbonyl (C=O) groups excluding carboxylic acids is 2. The zero-order chi connectivity index (χ0) is 20.7. The van der Waals surface area contributed by atoms with Gasteiger partial charge in [-0.2, -0.15) is 0 Å². The Bertz CT molecular complexity index is 1170. The van der Waals surface area contributed by atoms with Gasteiger partial charge in [-0.25, -0.2) is 0 Å². The first-order valence-corrected chi connectivity index (χ1v) is 10.1. The van der Waals surface area contributed by atoms with Gasteiger partial charge in [-0.3, -0.25) is 19.5 Å². The Balaban J connectivity index is 1.62. The molecule has 5 nitrogen and oxygen atoms in total. The smallest absolute Gasteiger partial charge is 0.278 e. The summed E-state index contributed by atoms with van der Waals surface area (Å²) in [7, 11) is 0. The first-order chi connectivity index (χ1) is 14.6. The fourth-order valence-electron chi connectivity index (χ4n) is 4.16. The molecule has 0 saturated carbocycles. The number of carbonyl (C=O) groups is 2. The predicted molar refractivity (Wildman–Crippen MR) is 115 cm³/mol. The van der Waals surface area contributed by atoms with Crippen molar-refractivity contribution in [2.75, 3.05) is 11.4 Å². The van der Waals surface area contributed by atoms with Gasteiger partial charge in [0.2, 0.25) is 0 Å². The van der Waals surface area contributed by atoms with E-state index in [2.05, 4.69) is 11.1 Å². The number of hydrogen-bond acceptors (Lipinski definition) is 4. The van der Waals surface area contributed by atoms with E-state index in [0.717, 1.165) is 23.2 Å². The van der Waals surface area contributed by atoms with Crippen LogP contribution in [0.2, 0.25) is 0 Å². The second-order valence-electron chi connectivity index (χ2n) is 7.64. The van der Waals surface area contributed by atoms with Crippen molar-refractivity contribution in [3.05, 3.63) is 101 Å². The normalized spacial score (nSPS) is 15.9. The monoisotopic (exact) mass is 395 g/mol. The van der Waals surface area contributed by atoms with Crippen LogP contribution in [-0.2, 0) is 22.6 Å². The van der Waals surface area contributed by atoms with E-state index in [0.29, 0.717) is 23.5 Å². The lowest BCUT2D eigenvalue weighted by atomic mass is 10.0. The number of benzene rings is 2. The minimum absolute atomic E-state index is 0.160. The highest BCUT2D eigenvalue weighted by Gasteiger charge is 2.43. The van der Waals surface area contributed by atoms with E-state index >= 15 is 0 Å². The topological polar surface area (TPSA) is 53.5 Å². The highest BCUT2D eigenvalue weighted by molar-refractivity contribution is 6.36. The molecule has 3 heterocycles. The number of para-hydroxylation sites is 1. The molecule has 30 heavy (non-hydrogen) atoms. The lowest BCUT2D eigenvalue weighted by molar-refractivity contribution is -0.137. The third-order valence-electron chi connectivity index (χ3n) is 5.69. The summed E-state index contributed by atoms with van der Waals surface area (Å²) in [6.45, 7) is 2.85. The fraction of sp³-hybridized carbons (Fsp3) is 0.160. The van der Waals surface area contributed by atoms with Crippen LogP contribution in [0.5, 0.6) is 0 Å². The minimum Gasteiger partial charge on any atom is -0.336 e. The van der Waals surface area contributed by atoms with Crippen LogP contribution in [-0.4, -0.2) is 28.2 Å². The predicted octanol–water partition coefficient (Wildman–Crippen LogP) is 3.73. The quantitative estimate of drug-likeness (QED) is 0.632. The van der Waals surface area contributed by atoms with Crippen molar-refractivity contribution in [3.63, 3.8) is 0 Å². The standard InChI is InChI=1S/C25H21N3O2/c1-17-9-11-19(12-10-17)22-23(27-15-13-18-6-2-3-8-21(18)27)25(30)28(24(22)29)16-20-7-4-5-14-26-20/h2-12,14H,13,15-16H2,1H3. The number of pyridine rings is 1. The summed E-state index contributed by atoms with van der Waals surface area (Å²) in [5.74, 6) is -0.535. The lowest BCUT2D eigenvalue weighted by Gasteiger charge is -2.21. The van der Waals surface area contributed by atoms with Gasteiger partial charge in [0.15, 0.2) is 0 Å². The molecule has 0 radical (unpaired) electrons. The van der Waals surface area contributed by atoms with E-state index in [1.165, 1.54) is 10.5 Å². The average molecular weight is 395 g/mol. The molecule has 1 aromatic heterocycles. The Morgan fingerprint density at radius 2 is 1.67 bits per heavy atom. The van der Waals surface area contributed by atoms with Crippen LogP contribution in [0.3, 0.4) is 0 Å². The lowest BCUT2D eigenvalue weighted by Crippen LogP contribution is -2.34. The highest BCUT2D eigenvalue weighted by Crippen LogP contribution is 2.38. The van der Waals surface area contributed by atoms with Crippen molar-refractivity contribution in [1.82, 2.24) is 9.88 Å². The number of imide groups is 1. The van der Waals surface area contributed by atoms with Gasteiger partial charge in [0.25, 0.3) is 11.8 Å². The molecule has 148 valence electrons. The number of fused-ring (bicyclic) bond motifs is 1. The Morgan fingerprint density at radius 3 is 2.43 bits per heavy atom. The molecular weight excluding hydrogens is 374 g/mol. The summed E-state index contributed by atoms with van der Waals surface area (Å²) in [6.07, 6.45) is 2.52. The molecule has 0 N–H and O–H groups in total. The van der Waals surface area contributed by atoms with E-state index in [1.54, 1.807) is 6.20 Å². The SMILES string of the molecule is Cc1ccc(C2=C(N3CCc4ccccc43)C(=O)N(Cc3ccccn3)C2=O)cc1.